The Hall–Kier alpha value is -3.00. The first-order valence-corrected chi connectivity index (χ1v) is 8.06. The molecule has 4 rings (SSSR count). The van der Waals surface area contributed by atoms with Crippen LogP contribution < -0.4 is 5.69 Å². The standard InChI is InChI=1S/C17H17N5O3/c1-10(23)14-8-11-9-21(6-7-22(11)20-14)16(24)15-12-4-2-3-5-13(12)18-17(25)19-15/h2-5,8,10,23H,6-7,9H2,1H3,(H,18,19,25)/t10-/m1/s1. The minimum Gasteiger partial charge on any atom is -0.387 e. The summed E-state index contributed by atoms with van der Waals surface area (Å²) in [6.45, 7) is 3.02. The van der Waals surface area contributed by atoms with Gasteiger partial charge in [0.25, 0.3) is 5.91 Å². The Bertz CT molecular complexity index is 1020. The molecule has 2 N–H and O–H groups in total. The number of aliphatic hydroxyl groups is 1. The summed E-state index contributed by atoms with van der Waals surface area (Å²) < 4.78 is 1.80. The number of hydrogen-bond donors (Lipinski definition) is 2. The van der Waals surface area contributed by atoms with Crippen LogP contribution in [0.4, 0.5) is 0 Å². The van der Waals surface area contributed by atoms with Crippen LogP contribution in [0.3, 0.4) is 0 Å². The fourth-order valence-electron chi connectivity index (χ4n) is 3.08. The van der Waals surface area contributed by atoms with Crippen molar-refractivity contribution in [3.05, 3.63) is 57.9 Å². The zero-order chi connectivity index (χ0) is 17.6. The maximum absolute atomic E-state index is 12.9. The molecule has 0 spiro atoms. The van der Waals surface area contributed by atoms with Crippen molar-refractivity contribution in [3.63, 3.8) is 0 Å². The molecule has 3 aromatic rings. The smallest absolute Gasteiger partial charge is 0.346 e. The van der Waals surface area contributed by atoms with E-state index in [9.17, 15) is 14.7 Å². The molecule has 1 aromatic carbocycles. The van der Waals surface area contributed by atoms with Crippen molar-refractivity contribution in [2.75, 3.05) is 6.54 Å². The lowest BCUT2D eigenvalue weighted by Gasteiger charge is -2.27. The fraction of sp³-hybridized carbons (Fsp3) is 0.294. The molecule has 8 heteroatoms. The number of rotatable bonds is 2. The number of nitrogens with zero attached hydrogens (tertiary/aromatic N) is 4. The second-order valence-electron chi connectivity index (χ2n) is 6.12. The van der Waals surface area contributed by atoms with E-state index in [4.69, 9.17) is 0 Å². The number of benzene rings is 1. The molecule has 0 saturated carbocycles. The molecule has 0 saturated heterocycles. The largest absolute Gasteiger partial charge is 0.387 e. The Morgan fingerprint density at radius 2 is 2.12 bits per heavy atom. The molecule has 1 aliphatic heterocycles. The molecule has 1 aliphatic rings. The quantitative estimate of drug-likeness (QED) is 0.720. The number of H-pyrrole nitrogens is 1. The summed E-state index contributed by atoms with van der Waals surface area (Å²) >= 11 is 0. The molecule has 0 fully saturated rings. The average Bonchev–Trinajstić information content (AvgIpc) is 3.04. The second kappa shape index (κ2) is 5.82. The van der Waals surface area contributed by atoms with Gasteiger partial charge in [0.1, 0.15) is 5.69 Å². The number of aliphatic hydroxyl groups excluding tert-OH is 1. The lowest BCUT2D eigenvalue weighted by molar-refractivity contribution is 0.0701. The third kappa shape index (κ3) is 2.70. The number of para-hydroxylation sites is 1. The molecule has 1 atom stereocenters. The Balaban J connectivity index is 1.69. The van der Waals surface area contributed by atoms with E-state index >= 15 is 0 Å². The number of carbonyl (C=O) groups excluding carboxylic acids is 1. The van der Waals surface area contributed by atoms with E-state index in [2.05, 4.69) is 15.1 Å². The summed E-state index contributed by atoms with van der Waals surface area (Å²) in [7, 11) is 0. The predicted molar refractivity (Wildman–Crippen MR) is 90.0 cm³/mol. The van der Waals surface area contributed by atoms with Crippen molar-refractivity contribution in [2.45, 2.75) is 26.1 Å². The average molecular weight is 339 g/mol. The minimum absolute atomic E-state index is 0.156. The van der Waals surface area contributed by atoms with Gasteiger partial charge in [-0.1, -0.05) is 18.2 Å². The lowest BCUT2D eigenvalue weighted by Crippen LogP contribution is -2.39. The van der Waals surface area contributed by atoms with Crippen molar-refractivity contribution < 1.29 is 9.90 Å². The van der Waals surface area contributed by atoms with Gasteiger partial charge in [0, 0.05) is 11.9 Å². The molecule has 128 valence electrons. The van der Waals surface area contributed by atoms with Gasteiger partial charge < -0.3 is 15.0 Å². The molecule has 3 heterocycles. The second-order valence-corrected chi connectivity index (χ2v) is 6.12. The van der Waals surface area contributed by atoms with E-state index in [0.29, 0.717) is 36.2 Å². The van der Waals surface area contributed by atoms with Crippen LogP contribution in [0.2, 0.25) is 0 Å². The van der Waals surface area contributed by atoms with E-state index in [1.807, 2.05) is 0 Å². The number of amides is 1. The molecule has 8 nitrogen and oxygen atoms in total. The van der Waals surface area contributed by atoms with Crippen LogP contribution in [0.25, 0.3) is 10.9 Å². The Labute approximate surface area is 142 Å². The van der Waals surface area contributed by atoms with E-state index in [1.165, 1.54) is 0 Å². The Morgan fingerprint density at radius 3 is 2.92 bits per heavy atom. The van der Waals surface area contributed by atoms with Crippen molar-refractivity contribution in [1.82, 2.24) is 24.6 Å². The molecule has 0 radical (unpaired) electrons. The third-order valence-corrected chi connectivity index (χ3v) is 4.37. The molecule has 1 amide bonds. The molecule has 2 aromatic heterocycles. The van der Waals surface area contributed by atoms with Crippen LogP contribution in [0.15, 0.2) is 35.1 Å². The SMILES string of the molecule is C[C@@H](O)c1cc2n(n1)CCN(C(=O)c1nc(=O)[nH]c3ccccc13)C2. The summed E-state index contributed by atoms with van der Waals surface area (Å²) in [6.07, 6.45) is -0.652. The highest BCUT2D eigenvalue weighted by molar-refractivity contribution is 6.04. The molecular formula is C17H17N5O3. The normalized spacial score (nSPS) is 15.2. The number of aromatic amines is 1. The van der Waals surface area contributed by atoms with E-state index in [-0.39, 0.29) is 11.6 Å². The van der Waals surface area contributed by atoms with Crippen molar-refractivity contribution in [1.29, 1.82) is 0 Å². The van der Waals surface area contributed by atoms with Gasteiger partial charge in [0.2, 0.25) is 0 Å². The molecular weight excluding hydrogens is 322 g/mol. The first kappa shape index (κ1) is 15.5. The van der Waals surface area contributed by atoms with Crippen molar-refractivity contribution in [3.8, 4) is 0 Å². The number of nitrogens with one attached hydrogen (secondary N) is 1. The van der Waals surface area contributed by atoms with Crippen LogP contribution in [-0.4, -0.2) is 42.2 Å². The summed E-state index contributed by atoms with van der Waals surface area (Å²) in [6, 6.07) is 8.91. The monoisotopic (exact) mass is 339 g/mol. The predicted octanol–water partition coefficient (Wildman–Crippen LogP) is 0.829. The van der Waals surface area contributed by atoms with Gasteiger partial charge >= 0.3 is 5.69 Å². The summed E-state index contributed by atoms with van der Waals surface area (Å²) in [5, 5.41) is 14.6. The zero-order valence-corrected chi connectivity index (χ0v) is 13.6. The third-order valence-electron chi connectivity index (χ3n) is 4.37. The lowest BCUT2D eigenvalue weighted by atomic mass is 10.1. The first-order chi connectivity index (χ1) is 12.0. The summed E-state index contributed by atoms with van der Waals surface area (Å²) in [4.78, 5) is 32.9. The molecule has 0 unspecified atom stereocenters. The maximum atomic E-state index is 12.9. The van der Waals surface area contributed by atoms with Gasteiger partial charge in [0.15, 0.2) is 0 Å². The van der Waals surface area contributed by atoms with Crippen LogP contribution in [0, 0.1) is 0 Å². The highest BCUT2D eigenvalue weighted by atomic mass is 16.3. The highest BCUT2D eigenvalue weighted by Gasteiger charge is 2.26. The first-order valence-electron chi connectivity index (χ1n) is 8.06. The van der Waals surface area contributed by atoms with E-state index in [0.717, 1.165) is 5.69 Å². The van der Waals surface area contributed by atoms with E-state index < -0.39 is 11.8 Å². The highest BCUT2D eigenvalue weighted by Crippen LogP contribution is 2.21. The Morgan fingerprint density at radius 1 is 1.32 bits per heavy atom. The Kier molecular flexibility index (Phi) is 3.61. The van der Waals surface area contributed by atoms with Gasteiger partial charge in [-0.3, -0.25) is 9.48 Å². The number of fused-ring (bicyclic) bond motifs is 2. The fourth-order valence-corrected chi connectivity index (χ4v) is 3.08. The number of carbonyl (C=O) groups is 1. The zero-order valence-electron chi connectivity index (χ0n) is 13.6. The van der Waals surface area contributed by atoms with Crippen molar-refractivity contribution in [2.24, 2.45) is 0 Å². The topological polar surface area (TPSA) is 104 Å². The molecule has 0 aliphatic carbocycles. The number of hydrogen-bond acceptors (Lipinski definition) is 5. The summed E-state index contributed by atoms with van der Waals surface area (Å²) in [5.41, 5.74) is 1.64. The van der Waals surface area contributed by atoms with Gasteiger partial charge in [0.05, 0.1) is 36.1 Å². The van der Waals surface area contributed by atoms with Gasteiger partial charge in [-0.05, 0) is 19.1 Å². The van der Waals surface area contributed by atoms with Crippen LogP contribution >= 0.6 is 0 Å². The molecule has 0 bridgehead atoms. The van der Waals surface area contributed by atoms with Gasteiger partial charge in [-0.2, -0.15) is 10.1 Å². The maximum Gasteiger partial charge on any atom is 0.346 e. The van der Waals surface area contributed by atoms with Crippen LogP contribution in [0.5, 0.6) is 0 Å². The minimum atomic E-state index is -0.652. The van der Waals surface area contributed by atoms with Gasteiger partial charge in [-0.25, -0.2) is 4.79 Å². The molecule has 25 heavy (non-hydrogen) atoms. The number of aromatic nitrogens is 4. The van der Waals surface area contributed by atoms with Crippen LogP contribution in [0.1, 0.15) is 34.9 Å². The van der Waals surface area contributed by atoms with Crippen molar-refractivity contribution >= 4 is 16.8 Å². The van der Waals surface area contributed by atoms with Crippen LogP contribution in [-0.2, 0) is 13.1 Å². The van der Waals surface area contributed by atoms with E-state index in [1.54, 1.807) is 46.8 Å². The van der Waals surface area contributed by atoms with Gasteiger partial charge in [-0.15, -0.1) is 0 Å². The summed E-state index contributed by atoms with van der Waals surface area (Å²) in [5.74, 6) is -0.284.